The summed E-state index contributed by atoms with van der Waals surface area (Å²) < 4.78 is 0. The van der Waals surface area contributed by atoms with Crippen molar-refractivity contribution >= 4 is 11.9 Å². The van der Waals surface area contributed by atoms with Crippen LogP contribution in [0.3, 0.4) is 0 Å². The molecule has 2 unspecified atom stereocenters. The molecule has 5 heteroatoms. The normalized spacial score (nSPS) is 22.2. The van der Waals surface area contributed by atoms with E-state index in [2.05, 4.69) is 41.3 Å². The predicted molar refractivity (Wildman–Crippen MR) is 138 cm³/mol. The van der Waals surface area contributed by atoms with Gasteiger partial charge in [-0.1, -0.05) is 109 Å². The molecule has 0 amide bonds. The van der Waals surface area contributed by atoms with Crippen LogP contribution in [0.2, 0.25) is 0 Å². The zero-order valence-electron chi connectivity index (χ0n) is 19.9. The fourth-order valence-electron chi connectivity index (χ4n) is 5.84. The second kappa shape index (κ2) is 9.96. The summed E-state index contributed by atoms with van der Waals surface area (Å²) in [5.74, 6) is -2.24. The SMILES string of the molecule is O=C(O)C1C=CC(C2C[C@@H](C(=O)O)N(C(c3ccccc3)(c3ccccc3)c3ccccc3)C2)=CC1. The molecule has 1 aliphatic heterocycles. The number of allylic oxidation sites excluding steroid dienone is 2. The number of carbonyl (C=O) groups is 2. The molecule has 36 heavy (non-hydrogen) atoms. The molecule has 3 atom stereocenters. The highest BCUT2D eigenvalue weighted by Crippen LogP contribution is 2.48. The van der Waals surface area contributed by atoms with E-state index in [1.807, 2.05) is 66.7 Å². The Bertz CT molecular complexity index is 1190. The molecule has 0 saturated carbocycles. The highest BCUT2D eigenvalue weighted by atomic mass is 16.4. The molecule has 5 nitrogen and oxygen atoms in total. The Hall–Kier alpha value is -3.96. The standard InChI is InChI=1S/C31H29NO4/c33-29(34)23-18-16-22(17-19-23)24-20-28(30(35)36)32(21-24)31(25-10-4-1-5-11-25,26-12-6-2-7-13-26)27-14-8-3-9-15-27/h1-18,23-24,28H,19-21H2,(H,33,34)(H,35,36)/t23?,24?,28-/m0/s1. The van der Waals surface area contributed by atoms with Crippen molar-refractivity contribution in [3.8, 4) is 0 Å². The van der Waals surface area contributed by atoms with Crippen LogP contribution in [-0.4, -0.2) is 39.6 Å². The summed E-state index contributed by atoms with van der Waals surface area (Å²) in [5.41, 5.74) is 3.23. The summed E-state index contributed by atoms with van der Waals surface area (Å²) in [5, 5.41) is 19.8. The summed E-state index contributed by atoms with van der Waals surface area (Å²) >= 11 is 0. The van der Waals surface area contributed by atoms with E-state index in [9.17, 15) is 19.8 Å². The molecule has 2 aliphatic rings. The monoisotopic (exact) mass is 479 g/mol. The minimum Gasteiger partial charge on any atom is -0.481 e. The molecule has 0 aromatic heterocycles. The lowest BCUT2D eigenvalue weighted by Crippen LogP contribution is -2.52. The van der Waals surface area contributed by atoms with Crippen LogP contribution in [0.15, 0.2) is 115 Å². The van der Waals surface area contributed by atoms with Crippen LogP contribution in [0.4, 0.5) is 0 Å². The van der Waals surface area contributed by atoms with Gasteiger partial charge in [-0.25, -0.2) is 0 Å². The molecule has 1 aliphatic carbocycles. The van der Waals surface area contributed by atoms with Crippen LogP contribution in [0.25, 0.3) is 0 Å². The molecule has 0 bridgehead atoms. The van der Waals surface area contributed by atoms with Gasteiger partial charge in [-0.05, 0) is 41.0 Å². The van der Waals surface area contributed by atoms with Gasteiger partial charge in [0.2, 0.25) is 0 Å². The number of hydrogen-bond acceptors (Lipinski definition) is 3. The van der Waals surface area contributed by atoms with Crippen LogP contribution >= 0.6 is 0 Å². The van der Waals surface area contributed by atoms with Gasteiger partial charge in [0.1, 0.15) is 6.04 Å². The number of likely N-dealkylation sites (tertiary alicyclic amines) is 1. The van der Waals surface area contributed by atoms with E-state index >= 15 is 0 Å². The molecule has 1 heterocycles. The number of rotatable bonds is 7. The Balaban J connectivity index is 1.67. The van der Waals surface area contributed by atoms with Crippen LogP contribution in [0.1, 0.15) is 29.5 Å². The third-order valence-electron chi connectivity index (χ3n) is 7.51. The number of aliphatic carboxylic acids is 2. The fourth-order valence-corrected chi connectivity index (χ4v) is 5.84. The number of hydrogen-bond donors (Lipinski definition) is 2. The molecule has 0 spiro atoms. The van der Waals surface area contributed by atoms with E-state index in [0.29, 0.717) is 19.4 Å². The van der Waals surface area contributed by atoms with E-state index in [0.717, 1.165) is 22.3 Å². The third kappa shape index (κ3) is 4.16. The summed E-state index contributed by atoms with van der Waals surface area (Å²) in [4.78, 5) is 26.3. The van der Waals surface area contributed by atoms with Gasteiger partial charge < -0.3 is 10.2 Å². The minimum absolute atomic E-state index is 0.0207. The first-order valence-electron chi connectivity index (χ1n) is 12.3. The number of carboxylic acids is 2. The maximum atomic E-state index is 12.8. The molecule has 3 aromatic rings. The van der Waals surface area contributed by atoms with Gasteiger partial charge in [0.05, 0.1) is 11.5 Å². The lowest BCUT2D eigenvalue weighted by atomic mass is 9.75. The van der Waals surface area contributed by atoms with E-state index in [4.69, 9.17) is 0 Å². The number of nitrogens with zero attached hydrogens (tertiary/aromatic N) is 1. The van der Waals surface area contributed by atoms with Crippen molar-refractivity contribution < 1.29 is 19.8 Å². The maximum Gasteiger partial charge on any atom is 0.320 e. The highest BCUT2D eigenvalue weighted by Gasteiger charge is 2.51. The van der Waals surface area contributed by atoms with Crippen molar-refractivity contribution in [1.82, 2.24) is 4.90 Å². The minimum atomic E-state index is -0.853. The van der Waals surface area contributed by atoms with E-state index < -0.39 is 29.4 Å². The second-order valence-corrected chi connectivity index (χ2v) is 9.49. The fraction of sp³-hybridized carbons (Fsp3) is 0.226. The molecular formula is C31H29NO4. The van der Waals surface area contributed by atoms with Crippen LogP contribution in [-0.2, 0) is 15.1 Å². The predicted octanol–water partition coefficient (Wildman–Crippen LogP) is 5.34. The van der Waals surface area contributed by atoms with Gasteiger partial charge >= 0.3 is 11.9 Å². The second-order valence-electron chi connectivity index (χ2n) is 9.49. The van der Waals surface area contributed by atoms with Crippen molar-refractivity contribution in [3.63, 3.8) is 0 Å². The number of benzene rings is 3. The van der Waals surface area contributed by atoms with Crippen molar-refractivity contribution in [1.29, 1.82) is 0 Å². The average molecular weight is 480 g/mol. The first kappa shape index (κ1) is 23.8. The lowest BCUT2D eigenvalue weighted by molar-refractivity contribution is -0.143. The highest BCUT2D eigenvalue weighted by molar-refractivity contribution is 5.75. The summed E-state index contributed by atoms with van der Waals surface area (Å²) in [6, 6.07) is 29.6. The zero-order valence-corrected chi connectivity index (χ0v) is 19.9. The quantitative estimate of drug-likeness (QED) is 0.447. The van der Waals surface area contributed by atoms with Crippen LogP contribution in [0, 0.1) is 11.8 Å². The number of carboxylic acid groups (broad SMARTS) is 2. The van der Waals surface area contributed by atoms with Crippen molar-refractivity contribution in [2.75, 3.05) is 6.54 Å². The van der Waals surface area contributed by atoms with Crippen LogP contribution in [0.5, 0.6) is 0 Å². The molecule has 2 N–H and O–H groups in total. The van der Waals surface area contributed by atoms with Gasteiger partial charge in [0, 0.05) is 6.54 Å². The molecule has 182 valence electrons. The Morgan fingerprint density at radius 2 is 1.25 bits per heavy atom. The smallest absolute Gasteiger partial charge is 0.320 e. The van der Waals surface area contributed by atoms with Crippen molar-refractivity contribution in [2.24, 2.45) is 11.8 Å². The van der Waals surface area contributed by atoms with Crippen molar-refractivity contribution in [3.05, 3.63) is 131 Å². The Morgan fingerprint density at radius 3 is 1.64 bits per heavy atom. The molecule has 1 saturated heterocycles. The Morgan fingerprint density at radius 1 is 0.750 bits per heavy atom. The Kier molecular flexibility index (Phi) is 6.57. The van der Waals surface area contributed by atoms with Gasteiger partial charge in [0.25, 0.3) is 0 Å². The Labute approximate surface area is 211 Å². The summed E-state index contributed by atoms with van der Waals surface area (Å²) in [7, 11) is 0. The van der Waals surface area contributed by atoms with Gasteiger partial charge in [-0.2, -0.15) is 0 Å². The third-order valence-corrected chi connectivity index (χ3v) is 7.51. The first-order chi connectivity index (χ1) is 17.5. The lowest BCUT2D eigenvalue weighted by Gasteiger charge is -2.45. The maximum absolute atomic E-state index is 12.8. The van der Waals surface area contributed by atoms with Crippen molar-refractivity contribution in [2.45, 2.75) is 24.4 Å². The first-order valence-corrected chi connectivity index (χ1v) is 12.3. The topological polar surface area (TPSA) is 77.8 Å². The molecule has 3 aromatic carbocycles. The molecule has 1 fully saturated rings. The molecule has 0 radical (unpaired) electrons. The van der Waals surface area contributed by atoms with E-state index in [1.54, 1.807) is 6.08 Å². The van der Waals surface area contributed by atoms with Gasteiger partial charge in [-0.15, -0.1) is 0 Å². The van der Waals surface area contributed by atoms with Crippen LogP contribution < -0.4 is 0 Å². The molecular weight excluding hydrogens is 450 g/mol. The zero-order chi connectivity index (χ0) is 25.1. The average Bonchev–Trinajstić information content (AvgIpc) is 3.37. The van der Waals surface area contributed by atoms with E-state index in [-0.39, 0.29) is 5.92 Å². The summed E-state index contributed by atoms with van der Waals surface area (Å²) in [6.07, 6.45) is 6.47. The van der Waals surface area contributed by atoms with Gasteiger partial charge in [-0.3, -0.25) is 14.5 Å². The van der Waals surface area contributed by atoms with E-state index in [1.165, 1.54) is 0 Å². The molecule has 5 rings (SSSR count). The summed E-state index contributed by atoms with van der Waals surface area (Å²) in [6.45, 7) is 0.531. The largest absolute Gasteiger partial charge is 0.481 e. The van der Waals surface area contributed by atoms with Gasteiger partial charge in [0.15, 0.2) is 0 Å².